The average Bonchev–Trinajstić information content (AvgIpc) is 3.27. The van der Waals surface area contributed by atoms with Gasteiger partial charge in [-0.2, -0.15) is 0 Å². The van der Waals surface area contributed by atoms with Gasteiger partial charge in [-0.15, -0.1) is 11.8 Å². The van der Waals surface area contributed by atoms with Gasteiger partial charge in [0.1, 0.15) is 6.54 Å². The van der Waals surface area contributed by atoms with Crippen LogP contribution in [0, 0.1) is 6.92 Å². The fraction of sp³-hybridized carbons (Fsp3) is 0.318. The molecule has 0 saturated carbocycles. The van der Waals surface area contributed by atoms with Crippen LogP contribution in [0.4, 0.5) is 11.4 Å². The number of hydrogen-bond acceptors (Lipinski definition) is 4. The number of halogens is 1. The molecule has 0 aliphatic carbocycles. The monoisotopic (exact) mass is 443 g/mol. The molecule has 2 aromatic rings. The molecule has 6 nitrogen and oxygen atoms in total. The molecule has 30 heavy (non-hydrogen) atoms. The van der Waals surface area contributed by atoms with E-state index in [9.17, 15) is 14.4 Å². The van der Waals surface area contributed by atoms with Crippen molar-refractivity contribution in [3.05, 3.63) is 53.1 Å². The summed E-state index contributed by atoms with van der Waals surface area (Å²) in [5.41, 5.74) is 2.12. The third-order valence-corrected chi connectivity index (χ3v) is 6.94. The average molecular weight is 444 g/mol. The summed E-state index contributed by atoms with van der Waals surface area (Å²) in [6.45, 7) is 3.07. The number of carbonyl (C=O) groups excluding carboxylic acids is 3. The molecule has 0 aromatic heterocycles. The highest BCUT2D eigenvalue weighted by Crippen LogP contribution is 2.40. The molecular weight excluding hydrogens is 422 g/mol. The molecule has 1 saturated heterocycles. The molecule has 1 N–H and O–H groups in total. The zero-order valence-corrected chi connectivity index (χ0v) is 18.1. The van der Waals surface area contributed by atoms with E-state index in [0.29, 0.717) is 29.5 Å². The van der Waals surface area contributed by atoms with Crippen LogP contribution >= 0.6 is 23.4 Å². The zero-order valence-electron chi connectivity index (χ0n) is 16.6. The van der Waals surface area contributed by atoms with Gasteiger partial charge in [0.2, 0.25) is 11.8 Å². The quantitative estimate of drug-likeness (QED) is 0.731. The van der Waals surface area contributed by atoms with E-state index in [1.54, 1.807) is 23.1 Å². The maximum absolute atomic E-state index is 13.2. The van der Waals surface area contributed by atoms with Crippen molar-refractivity contribution in [3.8, 4) is 0 Å². The number of carbonyl (C=O) groups is 3. The van der Waals surface area contributed by atoms with Crippen LogP contribution in [0.25, 0.3) is 0 Å². The number of likely N-dealkylation sites (tertiary alicyclic amines) is 1. The first-order valence-electron chi connectivity index (χ1n) is 9.86. The van der Waals surface area contributed by atoms with Crippen molar-refractivity contribution in [2.24, 2.45) is 0 Å². The fourth-order valence-electron chi connectivity index (χ4n) is 3.65. The summed E-state index contributed by atoms with van der Waals surface area (Å²) in [7, 11) is 0. The Morgan fingerprint density at radius 2 is 1.90 bits per heavy atom. The second-order valence-electron chi connectivity index (χ2n) is 7.43. The molecule has 1 fully saturated rings. The highest BCUT2D eigenvalue weighted by Gasteiger charge is 2.41. The molecule has 2 heterocycles. The van der Waals surface area contributed by atoms with Crippen molar-refractivity contribution in [1.29, 1.82) is 0 Å². The minimum Gasteiger partial charge on any atom is -0.341 e. The van der Waals surface area contributed by atoms with E-state index < -0.39 is 5.25 Å². The second-order valence-corrected chi connectivity index (χ2v) is 8.99. The first-order valence-corrected chi connectivity index (χ1v) is 11.1. The molecule has 0 radical (unpaired) electrons. The van der Waals surface area contributed by atoms with Gasteiger partial charge >= 0.3 is 0 Å². The van der Waals surface area contributed by atoms with Gasteiger partial charge in [0.05, 0.1) is 5.69 Å². The van der Waals surface area contributed by atoms with Crippen LogP contribution in [0.3, 0.4) is 0 Å². The van der Waals surface area contributed by atoms with E-state index >= 15 is 0 Å². The molecule has 0 bridgehead atoms. The number of nitrogens with zero attached hydrogens (tertiary/aromatic N) is 2. The molecule has 0 spiro atoms. The molecule has 2 aliphatic heterocycles. The minimum absolute atomic E-state index is 0.173. The van der Waals surface area contributed by atoms with Crippen molar-refractivity contribution >= 4 is 52.5 Å². The topological polar surface area (TPSA) is 69.7 Å². The number of nitrogens with one attached hydrogen (secondary N) is 1. The standard InChI is InChI=1S/C22H22ClN3O3S/c1-14-8-9-15(12-16(14)23)24-19(27)13-26-17-6-2-3-7-18(17)30-20(22(26)29)21(28)25-10-4-5-11-25/h2-3,6-9,12,20H,4-5,10-11,13H2,1H3,(H,24,27)/t20-/m1/s1. The SMILES string of the molecule is Cc1ccc(NC(=O)CN2C(=O)[C@@H](C(=O)N3CCCC3)Sc3ccccc32)cc1Cl. The van der Waals surface area contributed by atoms with Crippen molar-refractivity contribution in [3.63, 3.8) is 0 Å². The van der Waals surface area contributed by atoms with E-state index in [2.05, 4.69) is 5.32 Å². The summed E-state index contributed by atoms with van der Waals surface area (Å²) in [6.07, 6.45) is 1.91. The van der Waals surface area contributed by atoms with Gasteiger partial charge in [0, 0.05) is 28.7 Å². The number of aryl methyl sites for hydroxylation is 1. The van der Waals surface area contributed by atoms with Crippen molar-refractivity contribution < 1.29 is 14.4 Å². The van der Waals surface area contributed by atoms with Crippen molar-refractivity contribution in [2.45, 2.75) is 29.9 Å². The number of amides is 3. The number of anilines is 2. The van der Waals surface area contributed by atoms with Gasteiger partial charge in [-0.25, -0.2) is 0 Å². The Labute approximate surface area is 184 Å². The zero-order chi connectivity index (χ0) is 21.3. The largest absolute Gasteiger partial charge is 0.341 e. The maximum atomic E-state index is 13.2. The van der Waals surface area contributed by atoms with Gasteiger partial charge in [-0.05, 0) is 49.6 Å². The summed E-state index contributed by atoms with van der Waals surface area (Å²) in [5, 5.41) is 2.48. The normalized spacial score (nSPS) is 18.3. The Morgan fingerprint density at radius 1 is 1.17 bits per heavy atom. The van der Waals surface area contributed by atoms with Gasteiger partial charge in [-0.3, -0.25) is 14.4 Å². The maximum Gasteiger partial charge on any atom is 0.250 e. The Bertz CT molecular complexity index is 1010. The summed E-state index contributed by atoms with van der Waals surface area (Å²) >= 11 is 7.40. The van der Waals surface area contributed by atoms with E-state index in [4.69, 9.17) is 11.6 Å². The van der Waals surface area contributed by atoms with Gasteiger partial charge in [-0.1, -0.05) is 29.8 Å². The lowest BCUT2D eigenvalue weighted by Crippen LogP contribution is -2.51. The highest BCUT2D eigenvalue weighted by molar-refractivity contribution is 8.01. The van der Waals surface area contributed by atoms with Crippen molar-refractivity contribution in [1.82, 2.24) is 4.90 Å². The number of rotatable bonds is 4. The van der Waals surface area contributed by atoms with Gasteiger partial charge in [0.25, 0.3) is 5.91 Å². The molecular formula is C22H22ClN3O3S. The lowest BCUT2D eigenvalue weighted by molar-refractivity contribution is -0.134. The highest BCUT2D eigenvalue weighted by atomic mass is 35.5. The summed E-state index contributed by atoms with van der Waals surface area (Å²) in [5.74, 6) is -0.877. The summed E-state index contributed by atoms with van der Waals surface area (Å²) < 4.78 is 0. The lowest BCUT2D eigenvalue weighted by Gasteiger charge is -2.34. The fourth-order valence-corrected chi connectivity index (χ4v) is 5.02. The molecule has 2 aliphatic rings. The van der Waals surface area contributed by atoms with Crippen LogP contribution in [-0.4, -0.2) is 47.5 Å². The van der Waals surface area contributed by atoms with Gasteiger partial charge < -0.3 is 15.1 Å². The number of benzene rings is 2. The van der Waals surface area contributed by atoms with Crippen LogP contribution in [0.2, 0.25) is 5.02 Å². The Hall–Kier alpha value is -2.51. The molecule has 2 aromatic carbocycles. The number of hydrogen-bond donors (Lipinski definition) is 1. The first-order chi connectivity index (χ1) is 14.4. The van der Waals surface area contributed by atoms with Crippen LogP contribution in [-0.2, 0) is 14.4 Å². The first kappa shape index (κ1) is 20.8. The molecule has 1 atom stereocenters. The summed E-state index contributed by atoms with van der Waals surface area (Å²) in [4.78, 5) is 42.9. The Morgan fingerprint density at radius 3 is 2.63 bits per heavy atom. The van der Waals surface area contributed by atoms with Crippen LogP contribution in [0.15, 0.2) is 47.4 Å². The number of fused-ring (bicyclic) bond motifs is 1. The Balaban J connectivity index is 1.55. The van der Waals surface area contributed by atoms with E-state index in [1.165, 1.54) is 16.7 Å². The molecule has 156 valence electrons. The minimum atomic E-state index is -0.861. The van der Waals surface area contributed by atoms with Crippen LogP contribution < -0.4 is 10.2 Å². The molecule has 0 unspecified atom stereocenters. The van der Waals surface area contributed by atoms with E-state index in [1.807, 2.05) is 31.2 Å². The van der Waals surface area contributed by atoms with Crippen molar-refractivity contribution in [2.75, 3.05) is 29.9 Å². The summed E-state index contributed by atoms with van der Waals surface area (Å²) in [6, 6.07) is 12.6. The van der Waals surface area contributed by atoms with Crippen LogP contribution in [0.1, 0.15) is 18.4 Å². The second kappa shape index (κ2) is 8.70. The molecule has 8 heteroatoms. The van der Waals surface area contributed by atoms with Crippen LogP contribution in [0.5, 0.6) is 0 Å². The smallest absolute Gasteiger partial charge is 0.250 e. The predicted octanol–water partition coefficient (Wildman–Crippen LogP) is 3.72. The third kappa shape index (κ3) is 4.18. The molecule has 3 amide bonds. The predicted molar refractivity (Wildman–Crippen MR) is 119 cm³/mol. The number of thioether (sulfide) groups is 1. The third-order valence-electron chi connectivity index (χ3n) is 5.29. The Kier molecular flexibility index (Phi) is 6.01. The number of para-hydroxylation sites is 1. The lowest BCUT2D eigenvalue weighted by atomic mass is 10.2. The van der Waals surface area contributed by atoms with Gasteiger partial charge in [0.15, 0.2) is 5.25 Å². The van der Waals surface area contributed by atoms with E-state index in [0.717, 1.165) is 23.3 Å². The molecule has 4 rings (SSSR count). The van der Waals surface area contributed by atoms with E-state index in [-0.39, 0.29) is 24.3 Å².